The highest BCUT2D eigenvalue weighted by Gasteiger charge is 2.21. The molecule has 6 heteroatoms. The van der Waals surface area contributed by atoms with Crippen LogP contribution in [0.25, 0.3) is 0 Å². The van der Waals surface area contributed by atoms with Crippen LogP contribution in [0.15, 0.2) is 24.3 Å². The third kappa shape index (κ3) is 5.73. The first kappa shape index (κ1) is 17.6. The Hall–Kier alpha value is -1.79. The van der Waals surface area contributed by atoms with Gasteiger partial charge in [-0.05, 0) is 18.1 Å². The minimum Gasteiger partial charge on any atom is -0.495 e. The Morgan fingerprint density at radius 3 is 2.96 bits per heavy atom. The summed E-state index contributed by atoms with van der Waals surface area (Å²) in [6.45, 7) is 8.51. The molecule has 2 N–H and O–H groups in total. The summed E-state index contributed by atoms with van der Waals surface area (Å²) < 4.78 is 10.9. The van der Waals surface area contributed by atoms with E-state index >= 15 is 0 Å². The molecule has 0 spiro atoms. The van der Waals surface area contributed by atoms with Crippen LogP contribution in [0.2, 0.25) is 0 Å². The van der Waals surface area contributed by atoms with Crippen molar-refractivity contribution in [2.24, 2.45) is 5.92 Å². The molecule has 1 fully saturated rings. The number of morpholine rings is 1. The van der Waals surface area contributed by atoms with Crippen molar-refractivity contribution in [3.05, 3.63) is 24.3 Å². The average molecular weight is 321 g/mol. The monoisotopic (exact) mass is 321 g/mol. The number of para-hydroxylation sites is 2. The first-order valence-corrected chi connectivity index (χ1v) is 8.10. The second-order valence-corrected chi connectivity index (χ2v) is 6.18. The van der Waals surface area contributed by atoms with Crippen LogP contribution in [0.5, 0.6) is 5.75 Å². The number of benzene rings is 1. The highest BCUT2D eigenvalue weighted by Crippen LogP contribution is 2.22. The molecule has 0 aromatic heterocycles. The van der Waals surface area contributed by atoms with E-state index in [9.17, 15) is 4.79 Å². The van der Waals surface area contributed by atoms with Gasteiger partial charge in [-0.3, -0.25) is 4.90 Å². The normalized spacial score (nSPS) is 18.7. The highest BCUT2D eigenvalue weighted by atomic mass is 16.5. The SMILES string of the molecule is COc1ccccc1NC(=O)NC[C@H]1CN(CC(C)C)CCO1. The Labute approximate surface area is 138 Å². The first-order valence-electron chi connectivity index (χ1n) is 8.10. The third-order valence-corrected chi connectivity index (χ3v) is 3.69. The molecular weight excluding hydrogens is 294 g/mol. The van der Waals surface area contributed by atoms with Crippen LogP contribution in [0.3, 0.4) is 0 Å². The summed E-state index contributed by atoms with van der Waals surface area (Å²) in [5, 5.41) is 5.67. The van der Waals surface area contributed by atoms with Crippen LogP contribution in [0, 0.1) is 5.92 Å². The van der Waals surface area contributed by atoms with E-state index in [2.05, 4.69) is 29.4 Å². The van der Waals surface area contributed by atoms with E-state index in [1.54, 1.807) is 13.2 Å². The quantitative estimate of drug-likeness (QED) is 0.843. The van der Waals surface area contributed by atoms with E-state index in [4.69, 9.17) is 9.47 Å². The van der Waals surface area contributed by atoms with Crippen molar-refractivity contribution in [3.63, 3.8) is 0 Å². The summed E-state index contributed by atoms with van der Waals surface area (Å²) in [4.78, 5) is 14.4. The van der Waals surface area contributed by atoms with Crippen LogP contribution >= 0.6 is 0 Å². The maximum absolute atomic E-state index is 12.0. The van der Waals surface area contributed by atoms with E-state index in [1.165, 1.54) is 0 Å². The largest absolute Gasteiger partial charge is 0.495 e. The van der Waals surface area contributed by atoms with Crippen molar-refractivity contribution in [2.45, 2.75) is 20.0 Å². The molecule has 1 heterocycles. The highest BCUT2D eigenvalue weighted by molar-refractivity contribution is 5.90. The molecular formula is C17H27N3O3. The van der Waals surface area contributed by atoms with E-state index < -0.39 is 0 Å². The summed E-state index contributed by atoms with van der Waals surface area (Å²) in [6.07, 6.45) is 0.0333. The van der Waals surface area contributed by atoms with Crippen molar-refractivity contribution in [1.82, 2.24) is 10.2 Å². The second kappa shape index (κ2) is 8.74. The number of hydrogen-bond donors (Lipinski definition) is 2. The summed E-state index contributed by atoms with van der Waals surface area (Å²) in [5.41, 5.74) is 0.651. The van der Waals surface area contributed by atoms with E-state index in [1.807, 2.05) is 18.2 Å². The summed E-state index contributed by atoms with van der Waals surface area (Å²) >= 11 is 0. The van der Waals surface area contributed by atoms with E-state index in [0.717, 1.165) is 19.6 Å². The Balaban J connectivity index is 1.77. The second-order valence-electron chi connectivity index (χ2n) is 6.18. The van der Waals surface area contributed by atoms with Crippen LogP contribution < -0.4 is 15.4 Å². The Bertz CT molecular complexity index is 508. The number of anilines is 1. The van der Waals surface area contributed by atoms with Crippen LogP contribution in [0.1, 0.15) is 13.8 Å². The number of hydrogen-bond acceptors (Lipinski definition) is 4. The topological polar surface area (TPSA) is 62.8 Å². The molecule has 1 aliphatic heterocycles. The molecule has 1 saturated heterocycles. The lowest BCUT2D eigenvalue weighted by atomic mass is 10.2. The lowest BCUT2D eigenvalue weighted by Crippen LogP contribution is -2.48. The summed E-state index contributed by atoms with van der Waals surface area (Å²) in [6, 6.07) is 7.08. The number of rotatable bonds is 6. The fourth-order valence-corrected chi connectivity index (χ4v) is 2.71. The smallest absolute Gasteiger partial charge is 0.319 e. The standard InChI is InChI=1S/C17H27N3O3/c1-13(2)11-20-8-9-23-14(12-20)10-18-17(21)19-15-6-4-5-7-16(15)22-3/h4-7,13-14H,8-12H2,1-3H3,(H2,18,19,21)/t14-/m0/s1. The van der Waals surface area contributed by atoms with Crippen molar-refractivity contribution < 1.29 is 14.3 Å². The van der Waals surface area contributed by atoms with Gasteiger partial charge in [-0.15, -0.1) is 0 Å². The molecule has 2 amide bonds. The maximum atomic E-state index is 12.0. The fraction of sp³-hybridized carbons (Fsp3) is 0.588. The molecule has 1 aromatic carbocycles. The zero-order valence-corrected chi connectivity index (χ0v) is 14.2. The number of urea groups is 1. The van der Waals surface area contributed by atoms with Crippen LogP contribution in [0.4, 0.5) is 10.5 Å². The van der Waals surface area contributed by atoms with E-state index in [-0.39, 0.29) is 12.1 Å². The molecule has 1 atom stereocenters. The van der Waals surface area contributed by atoms with Gasteiger partial charge < -0.3 is 20.1 Å². The Morgan fingerprint density at radius 1 is 1.43 bits per heavy atom. The van der Waals surface area contributed by atoms with Crippen molar-refractivity contribution in [3.8, 4) is 5.75 Å². The maximum Gasteiger partial charge on any atom is 0.319 e. The molecule has 23 heavy (non-hydrogen) atoms. The molecule has 0 saturated carbocycles. The van der Waals surface area contributed by atoms with E-state index in [0.29, 0.717) is 30.5 Å². The van der Waals surface area contributed by atoms with Gasteiger partial charge >= 0.3 is 6.03 Å². The number of methoxy groups -OCH3 is 1. The summed E-state index contributed by atoms with van der Waals surface area (Å²) in [5.74, 6) is 1.27. The van der Waals surface area contributed by atoms with Gasteiger partial charge in [0.1, 0.15) is 5.75 Å². The number of carbonyl (C=O) groups is 1. The zero-order valence-electron chi connectivity index (χ0n) is 14.2. The Kier molecular flexibility index (Phi) is 6.67. The molecule has 6 nitrogen and oxygen atoms in total. The van der Waals surface area contributed by atoms with Gasteiger partial charge in [0, 0.05) is 26.2 Å². The average Bonchev–Trinajstić information content (AvgIpc) is 2.53. The molecule has 1 aromatic rings. The predicted molar refractivity (Wildman–Crippen MR) is 91.0 cm³/mol. The number of amides is 2. The van der Waals surface area contributed by atoms with Gasteiger partial charge in [-0.25, -0.2) is 4.79 Å². The first-order chi connectivity index (χ1) is 11.1. The van der Waals surface area contributed by atoms with Crippen LogP contribution in [-0.2, 0) is 4.74 Å². The van der Waals surface area contributed by atoms with Gasteiger partial charge in [0.2, 0.25) is 0 Å². The molecule has 0 radical (unpaired) electrons. The zero-order chi connectivity index (χ0) is 16.7. The molecule has 0 bridgehead atoms. The fourth-order valence-electron chi connectivity index (χ4n) is 2.71. The van der Waals surface area contributed by atoms with Gasteiger partial charge in [0.15, 0.2) is 0 Å². The van der Waals surface area contributed by atoms with Crippen molar-refractivity contribution in [2.75, 3.05) is 45.2 Å². The minimum absolute atomic E-state index is 0.0333. The number of nitrogens with one attached hydrogen (secondary N) is 2. The predicted octanol–water partition coefficient (Wildman–Crippen LogP) is 2.17. The van der Waals surface area contributed by atoms with Crippen LogP contribution in [-0.4, -0.2) is 56.9 Å². The lowest BCUT2D eigenvalue weighted by molar-refractivity contribution is -0.0288. The van der Waals surface area contributed by atoms with Gasteiger partial charge in [0.25, 0.3) is 0 Å². The molecule has 1 aliphatic rings. The third-order valence-electron chi connectivity index (χ3n) is 3.69. The van der Waals surface area contributed by atoms with Gasteiger partial charge in [0.05, 0.1) is 25.5 Å². The van der Waals surface area contributed by atoms with Crippen molar-refractivity contribution >= 4 is 11.7 Å². The van der Waals surface area contributed by atoms with Gasteiger partial charge in [-0.1, -0.05) is 26.0 Å². The number of ether oxygens (including phenoxy) is 2. The Morgan fingerprint density at radius 2 is 2.22 bits per heavy atom. The molecule has 0 unspecified atom stereocenters. The van der Waals surface area contributed by atoms with Gasteiger partial charge in [-0.2, -0.15) is 0 Å². The minimum atomic E-state index is -0.251. The summed E-state index contributed by atoms with van der Waals surface area (Å²) in [7, 11) is 1.58. The molecule has 2 rings (SSSR count). The molecule has 128 valence electrons. The van der Waals surface area contributed by atoms with Crippen molar-refractivity contribution in [1.29, 1.82) is 0 Å². The number of nitrogens with zero attached hydrogens (tertiary/aromatic N) is 1. The number of carbonyl (C=O) groups excluding carboxylic acids is 1. The lowest BCUT2D eigenvalue weighted by Gasteiger charge is -2.33. The molecule has 0 aliphatic carbocycles.